The molecule has 5 N–H and O–H groups in total. The highest BCUT2D eigenvalue weighted by Gasteiger charge is 2.36. The summed E-state index contributed by atoms with van der Waals surface area (Å²) in [5, 5.41) is 7.33. The number of nitrogens with zero attached hydrogens (tertiary/aromatic N) is 1. The van der Waals surface area contributed by atoms with E-state index in [1.165, 1.54) is 11.0 Å². The Morgan fingerprint density at radius 3 is 2.31 bits per heavy atom. The Hall–Kier alpha value is -4.87. The lowest BCUT2D eigenvalue weighted by Crippen LogP contribution is -2.30. The van der Waals surface area contributed by atoms with Crippen molar-refractivity contribution in [3.05, 3.63) is 95.7 Å². The minimum absolute atomic E-state index is 0.0447. The van der Waals surface area contributed by atoms with Crippen LogP contribution in [0.15, 0.2) is 78.9 Å². The minimum Gasteiger partial charge on any atom is -0.444 e. The van der Waals surface area contributed by atoms with E-state index in [9.17, 15) is 28.7 Å². The van der Waals surface area contributed by atoms with Crippen LogP contribution in [-0.4, -0.2) is 50.7 Å². The quantitative estimate of drug-likeness (QED) is 0.0870. The lowest BCUT2D eigenvalue weighted by atomic mass is 9.95. The van der Waals surface area contributed by atoms with Gasteiger partial charge in [-0.25, -0.2) is 9.36 Å². The van der Waals surface area contributed by atoms with Crippen molar-refractivity contribution >= 4 is 76.1 Å². The SMILES string of the molecule is CC(C)(C)OC(=O)Nc1ccc(C(=O)Nc2ccc3[nH]c(C(=O)N4C[C@@H](CCl)c5c4cc(OP(=O)(O)O)c4ccccc54)cc3c2)cc1. The topological polar surface area (TPSA) is 170 Å². The fourth-order valence-electron chi connectivity index (χ4n) is 5.74. The molecular weight excluding hydrogens is 659 g/mol. The second-order valence-corrected chi connectivity index (χ2v) is 13.8. The predicted molar refractivity (Wildman–Crippen MR) is 184 cm³/mol. The van der Waals surface area contributed by atoms with E-state index in [4.69, 9.17) is 20.9 Å². The van der Waals surface area contributed by atoms with Gasteiger partial charge in [0.25, 0.3) is 11.8 Å². The van der Waals surface area contributed by atoms with Crippen LogP contribution >= 0.6 is 19.4 Å². The summed E-state index contributed by atoms with van der Waals surface area (Å²) < 4.78 is 22.1. The number of hydrogen-bond donors (Lipinski definition) is 5. The van der Waals surface area contributed by atoms with Gasteiger partial charge >= 0.3 is 13.9 Å². The number of phosphoric acid groups is 1. The first-order chi connectivity index (χ1) is 22.7. The molecule has 0 saturated heterocycles. The van der Waals surface area contributed by atoms with Gasteiger partial charge in [-0.2, -0.15) is 0 Å². The number of anilines is 3. The number of halogens is 1. The molecular formula is C34H32ClN4O8P. The highest BCUT2D eigenvalue weighted by atomic mass is 35.5. The molecule has 2 heterocycles. The first-order valence-electron chi connectivity index (χ1n) is 14.9. The van der Waals surface area contributed by atoms with Gasteiger partial charge in [-0.3, -0.25) is 24.7 Å². The number of aromatic nitrogens is 1. The molecule has 0 spiro atoms. The molecule has 1 atom stereocenters. The number of aromatic amines is 1. The molecule has 248 valence electrons. The van der Waals surface area contributed by atoms with Gasteiger partial charge in [0.05, 0.1) is 5.69 Å². The zero-order valence-corrected chi connectivity index (χ0v) is 27.8. The van der Waals surface area contributed by atoms with E-state index in [-0.39, 0.29) is 41.6 Å². The van der Waals surface area contributed by atoms with Crippen molar-refractivity contribution in [2.75, 3.05) is 28.0 Å². The number of amides is 3. The number of hydrogen-bond acceptors (Lipinski definition) is 6. The average Bonchev–Trinajstić information content (AvgIpc) is 3.61. The highest BCUT2D eigenvalue weighted by molar-refractivity contribution is 7.46. The molecule has 3 amide bonds. The van der Waals surface area contributed by atoms with Crippen molar-refractivity contribution in [3.8, 4) is 5.75 Å². The normalized spacial score (nSPS) is 14.5. The molecule has 12 nitrogen and oxygen atoms in total. The van der Waals surface area contributed by atoms with Crippen LogP contribution in [0.25, 0.3) is 21.7 Å². The van der Waals surface area contributed by atoms with Crippen LogP contribution in [0.4, 0.5) is 21.9 Å². The number of rotatable bonds is 7. The monoisotopic (exact) mass is 690 g/mol. The lowest BCUT2D eigenvalue weighted by Gasteiger charge is -2.19. The van der Waals surface area contributed by atoms with Crippen molar-refractivity contribution in [2.24, 2.45) is 0 Å². The fourth-order valence-corrected chi connectivity index (χ4v) is 6.39. The van der Waals surface area contributed by atoms with E-state index in [0.29, 0.717) is 44.3 Å². The van der Waals surface area contributed by atoms with Crippen LogP contribution < -0.4 is 20.1 Å². The van der Waals surface area contributed by atoms with Gasteiger partial charge in [0.15, 0.2) is 0 Å². The van der Waals surface area contributed by atoms with Crippen LogP contribution in [0.3, 0.4) is 0 Å². The summed E-state index contributed by atoms with van der Waals surface area (Å²) in [5.41, 5.74) is 2.87. The second-order valence-electron chi connectivity index (χ2n) is 12.3. The van der Waals surface area contributed by atoms with Gasteiger partial charge in [-0.1, -0.05) is 24.3 Å². The molecule has 0 fully saturated rings. The Morgan fingerprint density at radius 1 is 0.958 bits per heavy atom. The molecule has 0 radical (unpaired) electrons. The van der Waals surface area contributed by atoms with Crippen molar-refractivity contribution in [1.29, 1.82) is 0 Å². The van der Waals surface area contributed by atoms with Crippen LogP contribution in [0.1, 0.15) is 53.1 Å². The van der Waals surface area contributed by atoms with Crippen LogP contribution in [-0.2, 0) is 9.30 Å². The zero-order chi connectivity index (χ0) is 34.4. The van der Waals surface area contributed by atoms with Crippen molar-refractivity contribution in [3.63, 3.8) is 0 Å². The summed E-state index contributed by atoms with van der Waals surface area (Å²) in [5.74, 6) is -0.794. The van der Waals surface area contributed by atoms with E-state index >= 15 is 0 Å². The standard InChI is InChI=1S/C34H32ClN4O8P/c1-34(2,3)46-33(42)37-22-10-8-19(9-11-22)31(40)36-23-12-13-26-20(14-23)15-27(38-26)32(41)39-18-21(17-35)30-25-7-5-4-6-24(25)29(16-28(30)39)47-48(43,44)45/h4-16,21,38H,17-18H2,1-3H3,(H,36,40)(H,37,42)(H2,43,44,45)/t21-/m1/s1. The number of carbonyl (C=O) groups excluding carboxylic acids is 3. The molecule has 6 rings (SSSR count). The molecule has 0 aliphatic carbocycles. The van der Waals surface area contributed by atoms with Crippen molar-refractivity contribution < 1.29 is 38.0 Å². The summed E-state index contributed by atoms with van der Waals surface area (Å²) in [4.78, 5) is 62.7. The number of H-pyrrole nitrogens is 1. The maximum atomic E-state index is 13.9. The largest absolute Gasteiger partial charge is 0.524 e. The van der Waals surface area contributed by atoms with Gasteiger partial charge in [0.1, 0.15) is 17.0 Å². The zero-order valence-electron chi connectivity index (χ0n) is 26.1. The van der Waals surface area contributed by atoms with E-state index < -0.39 is 19.5 Å². The van der Waals surface area contributed by atoms with Gasteiger partial charge in [-0.05, 0) is 80.3 Å². The molecule has 0 bridgehead atoms. The molecule has 0 saturated carbocycles. The van der Waals surface area contributed by atoms with Gasteiger partial charge in [-0.15, -0.1) is 11.6 Å². The summed E-state index contributed by atoms with van der Waals surface area (Å²) in [6.45, 7) is 5.55. The first kappa shape index (κ1) is 33.0. The first-order valence-corrected chi connectivity index (χ1v) is 17.0. The highest BCUT2D eigenvalue weighted by Crippen LogP contribution is 2.49. The van der Waals surface area contributed by atoms with Gasteiger partial charge in [0.2, 0.25) is 0 Å². The Morgan fingerprint density at radius 2 is 1.65 bits per heavy atom. The third-order valence-corrected chi connectivity index (χ3v) is 8.49. The number of ether oxygens (including phenoxy) is 1. The van der Waals surface area contributed by atoms with E-state index in [0.717, 1.165) is 5.56 Å². The Kier molecular flexibility index (Phi) is 8.69. The summed E-state index contributed by atoms with van der Waals surface area (Å²) in [7, 11) is -4.89. The Balaban J connectivity index is 1.22. The van der Waals surface area contributed by atoms with Crippen LogP contribution in [0.2, 0.25) is 0 Å². The number of carbonyl (C=O) groups is 3. The number of benzene rings is 4. The summed E-state index contributed by atoms with van der Waals surface area (Å²) in [6.07, 6.45) is -0.600. The number of nitrogens with one attached hydrogen (secondary N) is 3. The third-order valence-electron chi connectivity index (χ3n) is 7.68. The summed E-state index contributed by atoms with van der Waals surface area (Å²) in [6, 6.07) is 21.7. The summed E-state index contributed by atoms with van der Waals surface area (Å²) >= 11 is 6.36. The number of phosphoric ester groups is 1. The lowest BCUT2D eigenvalue weighted by molar-refractivity contribution is 0.0635. The molecule has 1 aliphatic heterocycles. The van der Waals surface area contributed by atoms with Crippen LogP contribution in [0, 0.1) is 0 Å². The molecule has 0 unspecified atom stereocenters. The maximum absolute atomic E-state index is 13.9. The minimum atomic E-state index is -4.89. The van der Waals surface area contributed by atoms with Crippen molar-refractivity contribution in [2.45, 2.75) is 32.3 Å². The van der Waals surface area contributed by atoms with Crippen molar-refractivity contribution in [1.82, 2.24) is 4.98 Å². The molecule has 14 heteroatoms. The fraction of sp³-hybridized carbons (Fsp3) is 0.206. The molecule has 5 aromatic rings. The average molecular weight is 691 g/mol. The maximum Gasteiger partial charge on any atom is 0.524 e. The van der Waals surface area contributed by atoms with Gasteiger partial charge < -0.3 is 24.5 Å². The molecule has 1 aliphatic rings. The smallest absolute Gasteiger partial charge is 0.444 e. The van der Waals surface area contributed by atoms with Gasteiger partial charge in [0, 0.05) is 57.6 Å². The molecule has 4 aromatic carbocycles. The third kappa shape index (κ3) is 7.02. The van der Waals surface area contributed by atoms with Crippen LogP contribution in [0.5, 0.6) is 5.75 Å². The van der Waals surface area contributed by atoms with E-state index in [1.54, 1.807) is 87.5 Å². The van der Waals surface area contributed by atoms with E-state index in [2.05, 4.69) is 15.6 Å². The predicted octanol–water partition coefficient (Wildman–Crippen LogP) is 7.37. The molecule has 48 heavy (non-hydrogen) atoms. The second kappa shape index (κ2) is 12.6. The Labute approximate surface area is 280 Å². The number of fused-ring (bicyclic) bond motifs is 4. The molecule has 1 aromatic heterocycles. The number of alkyl halides is 1. The van der Waals surface area contributed by atoms with E-state index in [1.807, 2.05) is 6.07 Å². The Bertz CT molecular complexity index is 2120.